The maximum absolute atomic E-state index is 5.81. The van der Waals surface area contributed by atoms with Crippen LogP contribution in [0.3, 0.4) is 0 Å². The summed E-state index contributed by atoms with van der Waals surface area (Å²) in [5.74, 6) is 0. The number of likely N-dealkylation sites (tertiary alicyclic amines) is 1. The molecule has 1 N–H and O–H groups in total. The van der Waals surface area contributed by atoms with Crippen LogP contribution >= 0.6 is 0 Å². The normalized spacial score (nSPS) is 37.6. The molecule has 3 nitrogen and oxygen atoms in total. The van der Waals surface area contributed by atoms with Gasteiger partial charge in [-0.3, -0.25) is 4.90 Å². The maximum atomic E-state index is 5.81. The molecule has 0 bridgehead atoms. The van der Waals surface area contributed by atoms with Crippen LogP contribution < -0.4 is 5.32 Å². The maximum Gasteiger partial charge on any atom is 0.0777 e. The minimum absolute atomic E-state index is 0.0507. The van der Waals surface area contributed by atoms with Gasteiger partial charge in [-0.1, -0.05) is 27.2 Å². The second kappa shape index (κ2) is 6.97. The van der Waals surface area contributed by atoms with E-state index in [0.717, 1.165) is 13.1 Å². The number of hydrogen-bond acceptors (Lipinski definition) is 3. The summed E-state index contributed by atoms with van der Waals surface area (Å²) in [4.78, 5) is 2.72. The molecule has 1 saturated heterocycles. The van der Waals surface area contributed by atoms with E-state index >= 15 is 0 Å². The van der Waals surface area contributed by atoms with Gasteiger partial charge >= 0.3 is 0 Å². The van der Waals surface area contributed by atoms with Crippen LogP contribution in [0.1, 0.15) is 66.2 Å². The Balaban J connectivity index is 2.10. The predicted molar refractivity (Wildman–Crippen MR) is 89.7 cm³/mol. The molecular weight excluding hydrogens is 260 g/mol. The molecule has 1 heterocycles. The number of nitrogens with one attached hydrogen (secondary N) is 1. The molecule has 2 fully saturated rings. The van der Waals surface area contributed by atoms with E-state index in [9.17, 15) is 0 Å². The molecule has 21 heavy (non-hydrogen) atoms. The van der Waals surface area contributed by atoms with Crippen molar-refractivity contribution in [3.8, 4) is 0 Å². The number of piperidine rings is 1. The fraction of sp³-hybridized carbons (Fsp3) is 1.00. The van der Waals surface area contributed by atoms with Gasteiger partial charge in [0.25, 0.3) is 0 Å². The Kier molecular flexibility index (Phi) is 5.72. The highest BCUT2D eigenvalue weighted by atomic mass is 16.5. The highest BCUT2D eigenvalue weighted by Gasteiger charge is 2.43. The summed E-state index contributed by atoms with van der Waals surface area (Å²) in [7, 11) is 1.88. The molecule has 124 valence electrons. The van der Waals surface area contributed by atoms with Crippen LogP contribution in [0.15, 0.2) is 0 Å². The third-order valence-electron chi connectivity index (χ3n) is 5.81. The Labute approximate surface area is 131 Å². The van der Waals surface area contributed by atoms with E-state index in [0.29, 0.717) is 17.5 Å². The van der Waals surface area contributed by atoms with Crippen LogP contribution in [0.4, 0.5) is 0 Å². The molecule has 0 spiro atoms. The molecule has 2 rings (SSSR count). The fourth-order valence-electron chi connectivity index (χ4n) is 4.41. The first-order valence-corrected chi connectivity index (χ1v) is 8.94. The van der Waals surface area contributed by atoms with Crippen molar-refractivity contribution in [2.24, 2.45) is 5.41 Å². The lowest BCUT2D eigenvalue weighted by molar-refractivity contribution is -0.0767. The average molecular weight is 296 g/mol. The zero-order chi connectivity index (χ0) is 15.5. The van der Waals surface area contributed by atoms with Crippen LogP contribution in [0.5, 0.6) is 0 Å². The van der Waals surface area contributed by atoms with E-state index in [-0.39, 0.29) is 5.60 Å². The van der Waals surface area contributed by atoms with Crippen molar-refractivity contribution in [1.82, 2.24) is 10.2 Å². The first-order valence-electron chi connectivity index (χ1n) is 8.94. The minimum Gasteiger partial charge on any atom is -0.377 e. The molecule has 2 aliphatic rings. The van der Waals surface area contributed by atoms with Gasteiger partial charge in [0.2, 0.25) is 0 Å². The molecule has 3 heteroatoms. The van der Waals surface area contributed by atoms with Gasteiger partial charge < -0.3 is 10.1 Å². The van der Waals surface area contributed by atoms with Gasteiger partial charge in [0.15, 0.2) is 0 Å². The second-order valence-corrected chi connectivity index (χ2v) is 8.11. The summed E-state index contributed by atoms with van der Waals surface area (Å²) in [5, 5.41) is 3.87. The van der Waals surface area contributed by atoms with Crippen molar-refractivity contribution in [3.63, 3.8) is 0 Å². The highest BCUT2D eigenvalue weighted by molar-refractivity contribution is 5.00. The third kappa shape index (κ3) is 4.00. The molecule has 0 aromatic carbocycles. The lowest BCUT2D eigenvalue weighted by Gasteiger charge is -2.52. The summed E-state index contributed by atoms with van der Waals surface area (Å²) < 4.78 is 5.81. The molecule has 1 saturated carbocycles. The molecule has 3 atom stereocenters. The standard InChI is InChI=1S/C18H36N2O/c1-6-12-19-16-15(9-7-10-17(16,2)3)20-13-8-11-18(4,14-20)21-5/h15-16,19H,6-14H2,1-5H3. The summed E-state index contributed by atoms with van der Waals surface area (Å²) in [6, 6.07) is 1.29. The molecule has 1 aliphatic heterocycles. The van der Waals surface area contributed by atoms with E-state index in [2.05, 4.69) is 37.9 Å². The average Bonchev–Trinajstić information content (AvgIpc) is 2.45. The van der Waals surface area contributed by atoms with E-state index in [1.807, 2.05) is 7.11 Å². The van der Waals surface area contributed by atoms with Crippen molar-refractivity contribution < 1.29 is 4.74 Å². The van der Waals surface area contributed by atoms with E-state index < -0.39 is 0 Å². The summed E-state index contributed by atoms with van der Waals surface area (Å²) >= 11 is 0. The summed E-state index contributed by atoms with van der Waals surface area (Å²) in [6.45, 7) is 12.9. The quantitative estimate of drug-likeness (QED) is 0.841. The van der Waals surface area contributed by atoms with Gasteiger partial charge in [-0.05, 0) is 57.5 Å². The first-order chi connectivity index (χ1) is 9.92. The molecular formula is C18H36N2O. The third-order valence-corrected chi connectivity index (χ3v) is 5.81. The van der Waals surface area contributed by atoms with Gasteiger partial charge in [-0.25, -0.2) is 0 Å². The van der Waals surface area contributed by atoms with Gasteiger partial charge in [0.05, 0.1) is 5.60 Å². The van der Waals surface area contributed by atoms with Gasteiger partial charge in [-0.15, -0.1) is 0 Å². The number of ether oxygens (including phenoxy) is 1. The molecule has 3 unspecified atom stereocenters. The molecule has 1 aliphatic carbocycles. The van der Waals surface area contributed by atoms with Crippen molar-refractivity contribution in [2.75, 3.05) is 26.7 Å². The largest absolute Gasteiger partial charge is 0.377 e. The van der Waals surface area contributed by atoms with Gasteiger partial charge in [0, 0.05) is 25.7 Å². The van der Waals surface area contributed by atoms with Gasteiger partial charge in [0.1, 0.15) is 0 Å². The summed E-state index contributed by atoms with van der Waals surface area (Å²) in [5.41, 5.74) is 0.453. The zero-order valence-corrected chi connectivity index (χ0v) is 14.9. The Morgan fingerprint density at radius 2 is 1.95 bits per heavy atom. The lowest BCUT2D eigenvalue weighted by atomic mass is 9.69. The van der Waals surface area contributed by atoms with Crippen molar-refractivity contribution in [3.05, 3.63) is 0 Å². The van der Waals surface area contributed by atoms with Crippen molar-refractivity contribution >= 4 is 0 Å². The van der Waals surface area contributed by atoms with E-state index in [1.165, 1.54) is 45.1 Å². The number of methoxy groups -OCH3 is 1. The van der Waals surface area contributed by atoms with Crippen molar-refractivity contribution in [2.45, 2.75) is 83.9 Å². The Morgan fingerprint density at radius 3 is 2.62 bits per heavy atom. The topological polar surface area (TPSA) is 24.5 Å². The number of hydrogen-bond donors (Lipinski definition) is 1. The van der Waals surface area contributed by atoms with Crippen LogP contribution in [0.25, 0.3) is 0 Å². The van der Waals surface area contributed by atoms with Gasteiger partial charge in [-0.2, -0.15) is 0 Å². The number of nitrogens with zero attached hydrogens (tertiary/aromatic N) is 1. The van der Waals surface area contributed by atoms with E-state index in [4.69, 9.17) is 4.74 Å². The highest BCUT2D eigenvalue weighted by Crippen LogP contribution is 2.39. The van der Waals surface area contributed by atoms with Crippen LogP contribution in [-0.2, 0) is 4.74 Å². The Morgan fingerprint density at radius 1 is 1.19 bits per heavy atom. The SMILES string of the molecule is CCCNC1C(N2CCCC(C)(OC)C2)CCCC1(C)C. The van der Waals surface area contributed by atoms with Crippen molar-refractivity contribution in [1.29, 1.82) is 0 Å². The van der Waals surface area contributed by atoms with Crippen LogP contribution in [0, 0.1) is 5.41 Å². The van der Waals surface area contributed by atoms with E-state index in [1.54, 1.807) is 0 Å². The molecule has 0 aromatic heterocycles. The summed E-state index contributed by atoms with van der Waals surface area (Å²) in [6.07, 6.45) is 7.73. The van der Waals surface area contributed by atoms with Crippen LogP contribution in [-0.4, -0.2) is 49.3 Å². The Hall–Kier alpha value is -0.120. The molecule has 0 amide bonds. The number of rotatable bonds is 5. The van der Waals surface area contributed by atoms with Crippen LogP contribution in [0.2, 0.25) is 0 Å². The fourth-order valence-corrected chi connectivity index (χ4v) is 4.41. The first kappa shape index (κ1) is 17.2. The Bertz CT molecular complexity index is 331. The predicted octanol–water partition coefficient (Wildman–Crippen LogP) is 3.43. The smallest absolute Gasteiger partial charge is 0.0777 e. The zero-order valence-electron chi connectivity index (χ0n) is 14.9. The molecule has 0 aromatic rings. The lowest BCUT2D eigenvalue weighted by Crippen LogP contribution is -2.62. The monoisotopic (exact) mass is 296 g/mol. The second-order valence-electron chi connectivity index (χ2n) is 8.11. The molecule has 0 radical (unpaired) electrons. The minimum atomic E-state index is 0.0507.